The third-order valence-electron chi connectivity index (χ3n) is 6.20. The van der Waals surface area contributed by atoms with Gasteiger partial charge in [0.15, 0.2) is 0 Å². The first-order valence-corrected chi connectivity index (χ1v) is 12.0. The molecule has 7 heteroatoms. The molecule has 0 spiro atoms. The number of nitrogens with one attached hydrogen (secondary N) is 1. The molecule has 1 N–H and O–H groups in total. The summed E-state index contributed by atoms with van der Waals surface area (Å²) in [5.41, 5.74) is 4.28. The van der Waals surface area contributed by atoms with Gasteiger partial charge in [0, 0.05) is 75.5 Å². The van der Waals surface area contributed by atoms with E-state index >= 15 is 0 Å². The molecular weight excluding hydrogens is 432 g/mol. The van der Waals surface area contributed by atoms with Crippen molar-refractivity contribution < 1.29 is 0 Å². The quantitative estimate of drug-likeness (QED) is 0.456. The van der Waals surface area contributed by atoms with Crippen LogP contribution in [0.1, 0.15) is 23.1 Å². The summed E-state index contributed by atoms with van der Waals surface area (Å²) in [5, 5.41) is 13.9. The number of imidazole rings is 1. The van der Waals surface area contributed by atoms with Crippen LogP contribution in [-0.2, 0) is 19.5 Å². The van der Waals surface area contributed by atoms with Gasteiger partial charge in [-0.05, 0) is 54.3 Å². The predicted molar refractivity (Wildman–Crippen MR) is 133 cm³/mol. The van der Waals surface area contributed by atoms with Gasteiger partial charge in [0.25, 0.3) is 0 Å². The Hall–Kier alpha value is -2.85. The molecule has 4 rings (SSSR count). The van der Waals surface area contributed by atoms with Crippen LogP contribution in [0.4, 0.5) is 5.69 Å². The lowest BCUT2D eigenvalue weighted by Crippen LogP contribution is -2.46. The highest BCUT2D eigenvalue weighted by atomic mass is 35.5. The van der Waals surface area contributed by atoms with E-state index in [0.717, 1.165) is 87.0 Å². The zero-order chi connectivity index (χ0) is 22.9. The first-order valence-electron chi connectivity index (χ1n) is 11.6. The number of hydrogen-bond donors (Lipinski definition) is 1. The molecule has 0 unspecified atom stereocenters. The molecule has 0 amide bonds. The Labute approximate surface area is 201 Å². The Bertz CT molecular complexity index is 1030. The van der Waals surface area contributed by atoms with Gasteiger partial charge in [-0.3, -0.25) is 4.90 Å². The Kier molecular flexibility index (Phi) is 8.37. The van der Waals surface area contributed by atoms with Gasteiger partial charge in [-0.2, -0.15) is 5.26 Å². The van der Waals surface area contributed by atoms with E-state index in [-0.39, 0.29) is 0 Å². The van der Waals surface area contributed by atoms with Gasteiger partial charge in [0.1, 0.15) is 0 Å². The smallest absolute Gasteiger partial charge is 0.0995 e. The SMILES string of the molecule is N#Cc1ccc(NCCCn2ccnc2)cc1CN1CCN(CCc2ccc(Cl)cc2)CC1. The fourth-order valence-corrected chi connectivity index (χ4v) is 4.33. The molecule has 1 aromatic heterocycles. The maximum Gasteiger partial charge on any atom is 0.0995 e. The maximum atomic E-state index is 9.58. The largest absolute Gasteiger partial charge is 0.385 e. The van der Waals surface area contributed by atoms with Crippen molar-refractivity contribution in [3.8, 4) is 6.07 Å². The molecule has 1 aliphatic heterocycles. The van der Waals surface area contributed by atoms with Crippen molar-refractivity contribution in [3.05, 3.63) is 82.9 Å². The van der Waals surface area contributed by atoms with E-state index in [2.05, 4.69) is 48.9 Å². The van der Waals surface area contributed by atoms with Crippen LogP contribution in [0.2, 0.25) is 5.02 Å². The zero-order valence-corrected chi connectivity index (χ0v) is 19.7. The second-order valence-corrected chi connectivity index (χ2v) is 9.00. The Morgan fingerprint density at radius 1 is 1.00 bits per heavy atom. The number of piperazine rings is 1. The summed E-state index contributed by atoms with van der Waals surface area (Å²) in [6.45, 7) is 7.87. The monoisotopic (exact) mass is 462 g/mol. The van der Waals surface area contributed by atoms with Crippen LogP contribution in [0, 0.1) is 11.3 Å². The number of hydrogen-bond acceptors (Lipinski definition) is 5. The summed E-state index contributed by atoms with van der Waals surface area (Å²) in [7, 11) is 0. The van der Waals surface area contributed by atoms with Crippen molar-refractivity contribution in [2.45, 2.75) is 25.9 Å². The van der Waals surface area contributed by atoms with Crippen molar-refractivity contribution in [3.63, 3.8) is 0 Å². The molecule has 0 saturated carbocycles. The minimum atomic E-state index is 0.768. The normalized spacial score (nSPS) is 14.8. The molecular formula is C26H31ClN6. The summed E-state index contributed by atoms with van der Waals surface area (Å²) >= 11 is 5.98. The number of benzene rings is 2. The minimum Gasteiger partial charge on any atom is -0.385 e. The lowest BCUT2D eigenvalue weighted by Gasteiger charge is -2.35. The number of nitriles is 1. The van der Waals surface area contributed by atoms with Crippen LogP contribution in [0.5, 0.6) is 0 Å². The third-order valence-corrected chi connectivity index (χ3v) is 6.45. The lowest BCUT2D eigenvalue weighted by molar-refractivity contribution is 0.128. The molecule has 0 atom stereocenters. The zero-order valence-electron chi connectivity index (χ0n) is 19.0. The number of rotatable bonds is 10. The fraction of sp³-hybridized carbons (Fsp3) is 0.385. The molecule has 0 aliphatic carbocycles. The van der Waals surface area contributed by atoms with Crippen molar-refractivity contribution in [1.29, 1.82) is 5.26 Å². The van der Waals surface area contributed by atoms with Crippen molar-refractivity contribution >= 4 is 17.3 Å². The Balaban J connectivity index is 1.23. The summed E-state index contributed by atoms with van der Waals surface area (Å²) in [6, 6.07) is 16.6. The number of nitrogens with zero attached hydrogens (tertiary/aromatic N) is 5. The third kappa shape index (κ3) is 7.06. The average Bonchev–Trinajstić information content (AvgIpc) is 3.36. The van der Waals surface area contributed by atoms with E-state index in [0.29, 0.717) is 0 Å². The summed E-state index contributed by atoms with van der Waals surface area (Å²) < 4.78 is 2.08. The van der Waals surface area contributed by atoms with Gasteiger partial charge >= 0.3 is 0 Å². The van der Waals surface area contributed by atoms with Gasteiger partial charge in [-0.1, -0.05) is 23.7 Å². The van der Waals surface area contributed by atoms with Crippen molar-refractivity contribution in [2.75, 3.05) is 44.6 Å². The van der Waals surface area contributed by atoms with Crippen LogP contribution in [0.3, 0.4) is 0 Å². The molecule has 33 heavy (non-hydrogen) atoms. The van der Waals surface area contributed by atoms with Crippen LogP contribution in [0.25, 0.3) is 0 Å². The molecule has 2 aromatic carbocycles. The van der Waals surface area contributed by atoms with E-state index in [9.17, 15) is 5.26 Å². The molecule has 1 fully saturated rings. The molecule has 6 nitrogen and oxygen atoms in total. The van der Waals surface area contributed by atoms with Gasteiger partial charge < -0.3 is 14.8 Å². The second kappa shape index (κ2) is 11.9. The summed E-state index contributed by atoms with van der Waals surface area (Å²) in [6.07, 6.45) is 7.70. The van der Waals surface area contributed by atoms with E-state index in [4.69, 9.17) is 11.6 Å². The first-order chi connectivity index (χ1) is 16.2. The highest BCUT2D eigenvalue weighted by Crippen LogP contribution is 2.19. The molecule has 2 heterocycles. The predicted octanol–water partition coefficient (Wildman–Crippen LogP) is 4.27. The van der Waals surface area contributed by atoms with E-state index < -0.39 is 0 Å². The summed E-state index contributed by atoms with van der Waals surface area (Å²) in [4.78, 5) is 9.06. The van der Waals surface area contributed by atoms with Crippen LogP contribution in [-0.4, -0.2) is 58.6 Å². The summed E-state index contributed by atoms with van der Waals surface area (Å²) in [5.74, 6) is 0. The highest BCUT2D eigenvalue weighted by molar-refractivity contribution is 6.30. The highest BCUT2D eigenvalue weighted by Gasteiger charge is 2.18. The molecule has 172 valence electrons. The van der Waals surface area contributed by atoms with E-state index in [1.165, 1.54) is 5.56 Å². The van der Waals surface area contributed by atoms with E-state index in [1.807, 2.05) is 36.8 Å². The first kappa shape index (κ1) is 23.3. The Morgan fingerprint density at radius 3 is 2.52 bits per heavy atom. The van der Waals surface area contributed by atoms with Crippen LogP contribution in [0.15, 0.2) is 61.2 Å². The van der Waals surface area contributed by atoms with Crippen LogP contribution < -0.4 is 5.32 Å². The molecule has 3 aromatic rings. The van der Waals surface area contributed by atoms with Gasteiger partial charge in [0.2, 0.25) is 0 Å². The molecule has 0 radical (unpaired) electrons. The second-order valence-electron chi connectivity index (χ2n) is 8.56. The van der Waals surface area contributed by atoms with Gasteiger partial charge in [-0.15, -0.1) is 0 Å². The van der Waals surface area contributed by atoms with Crippen molar-refractivity contribution in [1.82, 2.24) is 19.4 Å². The minimum absolute atomic E-state index is 0.768. The Morgan fingerprint density at radius 2 is 1.79 bits per heavy atom. The van der Waals surface area contributed by atoms with Crippen LogP contribution >= 0.6 is 11.6 Å². The molecule has 1 aliphatic rings. The topological polar surface area (TPSA) is 60.1 Å². The number of halogens is 1. The average molecular weight is 463 g/mol. The number of aromatic nitrogens is 2. The van der Waals surface area contributed by atoms with Gasteiger partial charge in [-0.25, -0.2) is 4.98 Å². The maximum absolute atomic E-state index is 9.58. The number of anilines is 1. The number of aryl methyl sites for hydroxylation is 1. The van der Waals surface area contributed by atoms with Gasteiger partial charge in [0.05, 0.1) is 18.0 Å². The standard InChI is InChI=1S/C26H31ClN6/c27-25-5-2-22(3-6-25)8-12-31-14-16-32(17-15-31)20-24-18-26(7-4-23(24)19-28)30-9-1-11-33-13-10-29-21-33/h2-7,10,13,18,21,30H,1,8-9,11-12,14-17,20H2. The molecule has 1 saturated heterocycles. The molecule has 0 bridgehead atoms. The lowest BCUT2D eigenvalue weighted by atomic mass is 10.1. The van der Waals surface area contributed by atoms with E-state index in [1.54, 1.807) is 6.20 Å². The van der Waals surface area contributed by atoms with Crippen molar-refractivity contribution in [2.24, 2.45) is 0 Å². The fourth-order valence-electron chi connectivity index (χ4n) is 4.21.